The highest BCUT2D eigenvalue weighted by atomic mass is 19.1. The van der Waals surface area contributed by atoms with Crippen molar-refractivity contribution in [3.63, 3.8) is 0 Å². The SMILES string of the molecule is CC(=O)Nc1ccccc1OC[C@H](O)CNC1CCN(Cc2ccc(F)cc2)CC1. The van der Waals surface area contributed by atoms with Gasteiger partial charge in [-0.25, -0.2) is 4.39 Å². The van der Waals surface area contributed by atoms with E-state index in [1.54, 1.807) is 12.1 Å². The Balaban J connectivity index is 1.35. The predicted octanol–water partition coefficient (Wildman–Crippen LogP) is 2.78. The molecule has 0 aromatic heterocycles. The number of rotatable bonds is 9. The molecular formula is C23H30FN3O3. The first kappa shape index (κ1) is 22.2. The molecule has 30 heavy (non-hydrogen) atoms. The first-order valence-electron chi connectivity index (χ1n) is 10.4. The van der Waals surface area contributed by atoms with Crippen molar-refractivity contribution >= 4 is 11.6 Å². The Morgan fingerprint density at radius 3 is 2.60 bits per heavy atom. The molecule has 3 N–H and O–H groups in total. The van der Waals surface area contributed by atoms with E-state index in [1.165, 1.54) is 19.1 Å². The number of anilines is 1. The monoisotopic (exact) mass is 415 g/mol. The van der Waals surface area contributed by atoms with Gasteiger partial charge in [-0.1, -0.05) is 24.3 Å². The van der Waals surface area contributed by atoms with Crippen LogP contribution in [0.25, 0.3) is 0 Å². The number of nitrogens with one attached hydrogen (secondary N) is 2. The van der Waals surface area contributed by atoms with Crippen LogP contribution in [0.1, 0.15) is 25.3 Å². The van der Waals surface area contributed by atoms with Crippen LogP contribution in [0.15, 0.2) is 48.5 Å². The Morgan fingerprint density at radius 1 is 1.20 bits per heavy atom. The molecule has 0 aliphatic carbocycles. The van der Waals surface area contributed by atoms with Crippen molar-refractivity contribution in [1.82, 2.24) is 10.2 Å². The summed E-state index contributed by atoms with van der Waals surface area (Å²) in [6.45, 7) is 4.80. The lowest BCUT2D eigenvalue weighted by Crippen LogP contribution is -2.45. The molecule has 1 heterocycles. The molecule has 1 aliphatic heterocycles. The number of aliphatic hydroxyl groups excluding tert-OH is 1. The molecule has 0 radical (unpaired) electrons. The van der Waals surface area contributed by atoms with Gasteiger partial charge in [0.25, 0.3) is 0 Å². The number of halogens is 1. The van der Waals surface area contributed by atoms with Crippen LogP contribution in [0, 0.1) is 5.82 Å². The van der Waals surface area contributed by atoms with E-state index in [0.29, 0.717) is 24.0 Å². The normalized spacial score (nSPS) is 16.2. The number of ether oxygens (including phenoxy) is 1. The fourth-order valence-electron chi connectivity index (χ4n) is 3.58. The first-order chi connectivity index (χ1) is 14.5. The van der Waals surface area contributed by atoms with Crippen molar-refractivity contribution in [2.75, 3.05) is 31.6 Å². The number of nitrogens with zero attached hydrogens (tertiary/aromatic N) is 1. The molecule has 6 nitrogen and oxygen atoms in total. The average Bonchev–Trinajstić information content (AvgIpc) is 2.74. The molecule has 3 rings (SSSR count). The number of carbonyl (C=O) groups excluding carboxylic acids is 1. The number of amides is 1. The summed E-state index contributed by atoms with van der Waals surface area (Å²) in [5.74, 6) is 0.169. The summed E-state index contributed by atoms with van der Waals surface area (Å²) in [5, 5.41) is 16.4. The molecule has 1 aliphatic rings. The van der Waals surface area contributed by atoms with Crippen molar-refractivity contribution in [2.45, 2.75) is 38.5 Å². The summed E-state index contributed by atoms with van der Waals surface area (Å²) in [7, 11) is 0. The number of carbonyl (C=O) groups is 1. The number of aliphatic hydroxyl groups is 1. The highest BCUT2D eigenvalue weighted by Crippen LogP contribution is 2.23. The number of hydrogen-bond donors (Lipinski definition) is 3. The molecule has 7 heteroatoms. The molecule has 1 saturated heterocycles. The number of piperidine rings is 1. The van der Waals surface area contributed by atoms with Gasteiger partial charge in [0.1, 0.15) is 24.3 Å². The number of benzene rings is 2. The van der Waals surface area contributed by atoms with Crippen molar-refractivity contribution in [1.29, 1.82) is 0 Å². The van der Waals surface area contributed by atoms with Crippen LogP contribution in [0.2, 0.25) is 0 Å². The van der Waals surface area contributed by atoms with Crippen LogP contribution in [0.4, 0.5) is 10.1 Å². The molecule has 1 atom stereocenters. The minimum absolute atomic E-state index is 0.146. The lowest BCUT2D eigenvalue weighted by Gasteiger charge is -2.33. The molecule has 0 unspecified atom stereocenters. The van der Waals surface area contributed by atoms with Gasteiger partial charge >= 0.3 is 0 Å². The van der Waals surface area contributed by atoms with Gasteiger partial charge in [0.2, 0.25) is 5.91 Å². The summed E-state index contributed by atoms with van der Waals surface area (Å²) in [4.78, 5) is 13.6. The molecule has 0 bridgehead atoms. The third kappa shape index (κ3) is 7.09. The van der Waals surface area contributed by atoms with Gasteiger partial charge in [-0.2, -0.15) is 0 Å². The smallest absolute Gasteiger partial charge is 0.221 e. The molecule has 0 saturated carbocycles. The maximum absolute atomic E-state index is 13.0. The third-order valence-corrected chi connectivity index (χ3v) is 5.18. The summed E-state index contributed by atoms with van der Waals surface area (Å²) >= 11 is 0. The quantitative estimate of drug-likeness (QED) is 0.587. The number of likely N-dealkylation sites (tertiary alicyclic amines) is 1. The van der Waals surface area contributed by atoms with Crippen molar-refractivity contribution in [3.05, 3.63) is 59.9 Å². The van der Waals surface area contributed by atoms with Gasteiger partial charge in [0, 0.05) is 26.1 Å². The van der Waals surface area contributed by atoms with Crippen molar-refractivity contribution in [3.8, 4) is 5.75 Å². The minimum atomic E-state index is -0.646. The lowest BCUT2D eigenvalue weighted by atomic mass is 10.0. The van der Waals surface area contributed by atoms with E-state index < -0.39 is 6.10 Å². The highest BCUT2D eigenvalue weighted by molar-refractivity contribution is 5.90. The van der Waals surface area contributed by atoms with Gasteiger partial charge in [-0.3, -0.25) is 9.69 Å². The Labute approximate surface area is 177 Å². The highest BCUT2D eigenvalue weighted by Gasteiger charge is 2.20. The maximum Gasteiger partial charge on any atom is 0.221 e. The van der Waals surface area contributed by atoms with E-state index in [2.05, 4.69) is 15.5 Å². The van der Waals surface area contributed by atoms with E-state index in [9.17, 15) is 14.3 Å². The Kier molecular flexibility index (Phi) is 8.19. The summed E-state index contributed by atoms with van der Waals surface area (Å²) < 4.78 is 18.7. The van der Waals surface area contributed by atoms with Crippen LogP contribution in [-0.2, 0) is 11.3 Å². The molecule has 2 aromatic carbocycles. The Hall–Kier alpha value is -2.48. The lowest BCUT2D eigenvalue weighted by molar-refractivity contribution is -0.114. The molecule has 1 amide bonds. The molecule has 162 valence electrons. The molecular weight excluding hydrogens is 385 g/mol. The van der Waals surface area contributed by atoms with Gasteiger partial charge in [-0.05, 0) is 55.8 Å². The fraction of sp³-hybridized carbons (Fsp3) is 0.435. The molecule has 2 aromatic rings. The van der Waals surface area contributed by atoms with E-state index >= 15 is 0 Å². The van der Waals surface area contributed by atoms with E-state index in [0.717, 1.165) is 38.0 Å². The fourth-order valence-corrected chi connectivity index (χ4v) is 3.58. The second-order valence-corrected chi connectivity index (χ2v) is 7.73. The standard InChI is InChI=1S/C23H30FN3O3/c1-17(28)26-22-4-2-3-5-23(22)30-16-21(29)14-25-20-10-12-27(13-11-20)15-18-6-8-19(24)9-7-18/h2-9,20-21,25,29H,10-16H2,1H3,(H,26,28)/t21-/m1/s1. The zero-order valence-corrected chi connectivity index (χ0v) is 17.3. The molecule has 1 fully saturated rings. The van der Waals surface area contributed by atoms with Gasteiger partial charge < -0.3 is 20.5 Å². The second-order valence-electron chi connectivity index (χ2n) is 7.73. The van der Waals surface area contributed by atoms with Gasteiger partial charge in [0.15, 0.2) is 0 Å². The number of hydrogen-bond acceptors (Lipinski definition) is 5. The third-order valence-electron chi connectivity index (χ3n) is 5.18. The second kappa shape index (κ2) is 11.1. The maximum atomic E-state index is 13.0. The average molecular weight is 416 g/mol. The Morgan fingerprint density at radius 2 is 1.90 bits per heavy atom. The van der Waals surface area contributed by atoms with Crippen LogP contribution >= 0.6 is 0 Å². The zero-order chi connectivity index (χ0) is 21.3. The zero-order valence-electron chi connectivity index (χ0n) is 17.3. The van der Waals surface area contributed by atoms with Crippen molar-refractivity contribution in [2.24, 2.45) is 0 Å². The first-order valence-corrected chi connectivity index (χ1v) is 10.4. The largest absolute Gasteiger partial charge is 0.489 e. The summed E-state index contributed by atoms with van der Waals surface area (Å²) in [6, 6.07) is 14.2. The topological polar surface area (TPSA) is 73.8 Å². The van der Waals surface area contributed by atoms with Gasteiger partial charge in [0.05, 0.1) is 5.69 Å². The summed E-state index contributed by atoms with van der Waals surface area (Å²) in [5.41, 5.74) is 1.72. The van der Waals surface area contributed by atoms with E-state index in [1.807, 2.05) is 24.3 Å². The van der Waals surface area contributed by atoms with E-state index in [-0.39, 0.29) is 18.3 Å². The minimum Gasteiger partial charge on any atom is -0.489 e. The van der Waals surface area contributed by atoms with Crippen molar-refractivity contribution < 1.29 is 19.0 Å². The summed E-state index contributed by atoms with van der Waals surface area (Å²) in [6.07, 6.45) is 1.35. The predicted molar refractivity (Wildman–Crippen MR) is 115 cm³/mol. The number of para-hydroxylation sites is 2. The van der Waals surface area contributed by atoms with Crippen LogP contribution < -0.4 is 15.4 Å². The van der Waals surface area contributed by atoms with Gasteiger partial charge in [-0.15, -0.1) is 0 Å². The van der Waals surface area contributed by atoms with Crippen LogP contribution in [0.3, 0.4) is 0 Å². The van der Waals surface area contributed by atoms with E-state index in [4.69, 9.17) is 4.74 Å². The van der Waals surface area contributed by atoms with Crippen LogP contribution in [-0.4, -0.2) is 54.3 Å². The Bertz CT molecular complexity index is 808. The molecule has 0 spiro atoms. The van der Waals surface area contributed by atoms with Crippen LogP contribution in [0.5, 0.6) is 5.75 Å².